The maximum atomic E-state index is 14.0. The Hall–Kier alpha value is -2.60. The Kier molecular flexibility index (Phi) is 5.60. The Morgan fingerprint density at radius 3 is 2.67 bits per heavy atom. The standard InChI is InChI=1S/C27H33N3O2S/c1-5-19-9-11-20(12-10-19)30-25(31)23-15-24-22(13-14-33-24)29(23)16-27(30,4)26(32)28-21-8-6-7-17(2)18(21)3/h9-15,17-18,21H,5-8,16H2,1-4H3,(H,28,32)/t17-,18-,21+,27+/m0/s1. The van der Waals surface area contributed by atoms with Crippen LogP contribution < -0.4 is 10.2 Å². The Labute approximate surface area is 199 Å². The van der Waals surface area contributed by atoms with Gasteiger partial charge in [0.25, 0.3) is 5.91 Å². The van der Waals surface area contributed by atoms with Crippen molar-refractivity contribution in [3.8, 4) is 0 Å². The number of aryl methyl sites for hydroxylation is 1. The number of anilines is 1. The zero-order valence-corrected chi connectivity index (χ0v) is 20.7. The molecule has 174 valence electrons. The number of fused-ring (bicyclic) bond motifs is 3. The van der Waals surface area contributed by atoms with Crippen LogP contribution in [0.25, 0.3) is 10.2 Å². The Bertz CT molecular complexity index is 1190. The fourth-order valence-corrected chi connectivity index (χ4v) is 6.43. The lowest BCUT2D eigenvalue weighted by Crippen LogP contribution is -2.66. The second-order valence-corrected chi connectivity index (χ2v) is 11.0. The van der Waals surface area contributed by atoms with Crippen molar-refractivity contribution in [3.05, 3.63) is 53.0 Å². The number of hydrogen-bond donors (Lipinski definition) is 1. The average molecular weight is 464 g/mol. The quantitative estimate of drug-likeness (QED) is 0.546. The van der Waals surface area contributed by atoms with E-state index >= 15 is 0 Å². The second kappa shape index (κ2) is 8.32. The molecule has 5 nitrogen and oxygen atoms in total. The van der Waals surface area contributed by atoms with Crippen LogP contribution in [0.15, 0.2) is 41.8 Å². The number of nitrogens with one attached hydrogen (secondary N) is 1. The molecular weight excluding hydrogens is 430 g/mol. The molecule has 5 rings (SSSR count). The van der Waals surface area contributed by atoms with E-state index in [4.69, 9.17) is 0 Å². The molecule has 1 saturated carbocycles. The zero-order valence-electron chi connectivity index (χ0n) is 19.9. The van der Waals surface area contributed by atoms with E-state index in [0.717, 1.165) is 35.2 Å². The molecule has 0 unspecified atom stereocenters. The summed E-state index contributed by atoms with van der Waals surface area (Å²) >= 11 is 1.63. The molecule has 1 fully saturated rings. The summed E-state index contributed by atoms with van der Waals surface area (Å²) in [7, 11) is 0. The maximum absolute atomic E-state index is 14.0. The van der Waals surface area contributed by atoms with Crippen molar-refractivity contribution in [1.82, 2.24) is 9.88 Å². The summed E-state index contributed by atoms with van der Waals surface area (Å²) in [4.78, 5) is 29.6. The maximum Gasteiger partial charge on any atom is 0.275 e. The normalized spacial score (nSPS) is 27.6. The molecule has 0 bridgehead atoms. The van der Waals surface area contributed by atoms with Gasteiger partial charge in [0, 0.05) is 11.7 Å². The molecule has 1 aliphatic carbocycles. The minimum absolute atomic E-state index is 0.0657. The average Bonchev–Trinajstić information content (AvgIpc) is 3.40. The molecule has 3 aromatic rings. The van der Waals surface area contributed by atoms with Gasteiger partial charge in [0.2, 0.25) is 5.91 Å². The summed E-state index contributed by atoms with van der Waals surface area (Å²) in [6.45, 7) is 8.99. The molecule has 3 heterocycles. The minimum atomic E-state index is -1.02. The van der Waals surface area contributed by atoms with E-state index in [1.165, 1.54) is 12.0 Å². The number of carbonyl (C=O) groups excluding carboxylic acids is 2. The van der Waals surface area contributed by atoms with Gasteiger partial charge in [0.15, 0.2) is 0 Å². The first kappa shape index (κ1) is 22.2. The smallest absolute Gasteiger partial charge is 0.275 e. The van der Waals surface area contributed by atoms with Gasteiger partial charge in [-0.3, -0.25) is 14.5 Å². The Morgan fingerprint density at radius 2 is 1.94 bits per heavy atom. The molecule has 0 saturated heterocycles. The van der Waals surface area contributed by atoms with E-state index in [2.05, 4.69) is 38.2 Å². The van der Waals surface area contributed by atoms with E-state index in [-0.39, 0.29) is 17.9 Å². The van der Waals surface area contributed by atoms with Crippen LogP contribution in [0.2, 0.25) is 0 Å². The highest BCUT2D eigenvalue weighted by Gasteiger charge is 2.49. The third-order valence-electron chi connectivity index (χ3n) is 8.02. The van der Waals surface area contributed by atoms with Crippen molar-refractivity contribution >= 4 is 39.1 Å². The molecule has 1 aliphatic heterocycles. The highest BCUT2D eigenvalue weighted by molar-refractivity contribution is 7.17. The topological polar surface area (TPSA) is 54.3 Å². The molecule has 33 heavy (non-hydrogen) atoms. The lowest BCUT2D eigenvalue weighted by Gasteiger charge is -2.45. The van der Waals surface area contributed by atoms with E-state index in [0.29, 0.717) is 24.1 Å². The molecule has 0 radical (unpaired) electrons. The number of benzene rings is 1. The van der Waals surface area contributed by atoms with Crippen molar-refractivity contribution < 1.29 is 9.59 Å². The van der Waals surface area contributed by atoms with Crippen LogP contribution in [-0.4, -0.2) is 28.0 Å². The summed E-state index contributed by atoms with van der Waals surface area (Å²) in [6, 6.07) is 12.2. The number of rotatable bonds is 4. The van der Waals surface area contributed by atoms with Crippen LogP contribution >= 0.6 is 11.3 Å². The molecule has 2 aliphatic rings. The summed E-state index contributed by atoms with van der Waals surface area (Å²) in [5, 5.41) is 5.42. The van der Waals surface area contributed by atoms with Crippen LogP contribution in [0.3, 0.4) is 0 Å². The predicted octanol–water partition coefficient (Wildman–Crippen LogP) is 5.63. The highest BCUT2D eigenvalue weighted by Crippen LogP contribution is 2.38. The van der Waals surface area contributed by atoms with Crippen molar-refractivity contribution in [3.63, 3.8) is 0 Å². The summed E-state index contributed by atoms with van der Waals surface area (Å²) in [5.41, 5.74) is 2.65. The van der Waals surface area contributed by atoms with Crippen LogP contribution in [0, 0.1) is 11.8 Å². The molecule has 1 N–H and O–H groups in total. The fourth-order valence-electron chi connectivity index (χ4n) is 5.61. The number of hydrogen-bond acceptors (Lipinski definition) is 3. The monoisotopic (exact) mass is 463 g/mol. The number of aromatic nitrogens is 1. The first-order valence-corrected chi connectivity index (χ1v) is 13.0. The molecule has 2 aromatic heterocycles. The number of carbonyl (C=O) groups is 2. The van der Waals surface area contributed by atoms with Gasteiger partial charge in [-0.1, -0.05) is 45.7 Å². The number of amides is 2. The Morgan fingerprint density at radius 1 is 1.18 bits per heavy atom. The summed E-state index contributed by atoms with van der Waals surface area (Å²) in [6.07, 6.45) is 4.27. The van der Waals surface area contributed by atoms with E-state index in [9.17, 15) is 9.59 Å². The van der Waals surface area contributed by atoms with Crippen LogP contribution in [0.5, 0.6) is 0 Å². The molecule has 1 aromatic carbocycles. The van der Waals surface area contributed by atoms with Gasteiger partial charge >= 0.3 is 0 Å². The Balaban J connectivity index is 1.57. The van der Waals surface area contributed by atoms with Gasteiger partial charge in [0.1, 0.15) is 11.2 Å². The van der Waals surface area contributed by atoms with Crippen molar-refractivity contribution in [2.45, 2.75) is 71.5 Å². The van der Waals surface area contributed by atoms with Gasteiger partial charge in [0.05, 0.1) is 16.8 Å². The summed E-state index contributed by atoms with van der Waals surface area (Å²) in [5.74, 6) is 0.832. The van der Waals surface area contributed by atoms with E-state index in [1.807, 2.05) is 41.1 Å². The van der Waals surface area contributed by atoms with E-state index in [1.54, 1.807) is 16.2 Å². The zero-order chi connectivity index (χ0) is 23.3. The van der Waals surface area contributed by atoms with Crippen LogP contribution in [-0.2, 0) is 17.8 Å². The van der Waals surface area contributed by atoms with Gasteiger partial charge in [-0.25, -0.2) is 0 Å². The summed E-state index contributed by atoms with van der Waals surface area (Å²) < 4.78 is 3.12. The molecule has 6 heteroatoms. The lowest BCUT2D eigenvalue weighted by atomic mass is 9.77. The lowest BCUT2D eigenvalue weighted by molar-refractivity contribution is -0.128. The van der Waals surface area contributed by atoms with Gasteiger partial charge < -0.3 is 9.88 Å². The van der Waals surface area contributed by atoms with Gasteiger partial charge in [-0.15, -0.1) is 11.3 Å². The minimum Gasteiger partial charge on any atom is -0.351 e. The van der Waals surface area contributed by atoms with E-state index < -0.39 is 5.54 Å². The van der Waals surface area contributed by atoms with Crippen molar-refractivity contribution in [2.24, 2.45) is 11.8 Å². The first-order valence-electron chi connectivity index (χ1n) is 12.1. The number of nitrogens with zero attached hydrogens (tertiary/aromatic N) is 2. The third kappa shape index (κ3) is 3.59. The van der Waals surface area contributed by atoms with Crippen LogP contribution in [0.4, 0.5) is 5.69 Å². The predicted molar refractivity (Wildman–Crippen MR) is 135 cm³/mol. The van der Waals surface area contributed by atoms with Gasteiger partial charge in [-0.05, 0) is 66.8 Å². The highest BCUT2D eigenvalue weighted by atomic mass is 32.1. The largest absolute Gasteiger partial charge is 0.351 e. The van der Waals surface area contributed by atoms with Crippen molar-refractivity contribution in [2.75, 3.05) is 4.90 Å². The first-order chi connectivity index (χ1) is 15.8. The van der Waals surface area contributed by atoms with Crippen LogP contribution in [0.1, 0.15) is 63.0 Å². The second-order valence-electron chi connectivity index (χ2n) is 10.1. The number of thiophene rings is 1. The molecule has 2 amide bonds. The molecule has 4 atom stereocenters. The SMILES string of the molecule is CCc1ccc(N2C(=O)c3cc4sccc4n3C[C@]2(C)C(=O)N[C@@H]2CCC[C@H](C)[C@@H]2C)cc1. The van der Waals surface area contributed by atoms with Crippen molar-refractivity contribution in [1.29, 1.82) is 0 Å². The van der Waals surface area contributed by atoms with Gasteiger partial charge in [-0.2, -0.15) is 0 Å². The fraction of sp³-hybridized carbons (Fsp3) is 0.481. The third-order valence-corrected chi connectivity index (χ3v) is 8.87. The molecular formula is C27H33N3O2S. The molecule has 0 spiro atoms.